The molecule has 2 heterocycles. The Morgan fingerprint density at radius 1 is 1.56 bits per heavy atom. The number of pyridine rings is 1. The van der Waals surface area contributed by atoms with Crippen LogP contribution in [-0.2, 0) is 7.05 Å². The maximum Gasteiger partial charge on any atom is 0.331 e. The largest absolute Gasteiger partial charge is 0.430 e. The third-order valence-electron chi connectivity index (χ3n) is 1.84. The zero-order chi connectivity index (χ0) is 11.5. The molecule has 0 saturated heterocycles. The highest BCUT2D eigenvalue weighted by Gasteiger charge is 2.16. The first-order chi connectivity index (χ1) is 7.66. The summed E-state index contributed by atoms with van der Waals surface area (Å²) in [6.07, 6.45) is 4.48. The lowest BCUT2D eigenvalue weighted by molar-refractivity contribution is -0.386. The van der Waals surface area contributed by atoms with Gasteiger partial charge in [-0.3, -0.25) is 14.8 Å². The van der Waals surface area contributed by atoms with Crippen LogP contribution in [0, 0.1) is 10.1 Å². The van der Waals surface area contributed by atoms with Crippen molar-refractivity contribution in [2.24, 2.45) is 7.05 Å². The predicted molar refractivity (Wildman–Crippen MR) is 54.2 cm³/mol. The molecule has 0 atom stereocenters. The Kier molecular flexibility index (Phi) is 2.50. The Labute approximate surface area is 90.4 Å². The fourth-order valence-electron chi connectivity index (χ4n) is 1.16. The molecule has 0 saturated carbocycles. The SMILES string of the molecule is Cn1cc(Oc2ncccc2[N+](=O)[O-])cn1. The molecule has 16 heavy (non-hydrogen) atoms. The highest BCUT2D eigenvalue weighted by molar-refractivity contribution is 5.41. The minimum atomic E-state index is -0.543. The summed E-state index contributed by atoms with van der Waals surface area (Å²) in [7, 11) is 1.72. The van der Waals surface area contributed by atoms with Crippen molar-refractivity contribution in [1.82, 2.24) is 14.8 Å². The highest BCUT2D eigenvalue weighted by Crippen LogP contribution is 2.27. The number of aryl methyl sites for hydroxylation is 1. The molecule has 0 spiro atoms. The predicted octanol–water partition coefficient (Wildman–Crippen LogP) is 1.52. The Bertz CT molecular complexity index is 523. The third-order valence-corrected chi connectivity index (χ3v) is 1.84. The summed E-state index contributed by atoms with van der Waals surface area (Å²) < 4.78 is 6.79. The lowest BCUT2D eigenvalue weighted by atomic mass is 10.4. The van der Waals surface area contributed by atoms with Gasteiger partial charge >= 0.3 is 5.69 Å². The maximum atomic E-state index is 10.7. The summed E-state index contributed by atoms with van der Waals surface area (Å²) in [5.41, 5.74) is -0.175. The van der Waals surface area contributed by atoms with Crippen molar-refractivity contribution in [1.29, 1.82) is 0 Å². The van der Waals surface area contributed by atoms with Crippen LogP contribution in [0.1, 0.15) is 0 Å². The van der Waals surface area contributed by atoms with Crippen LogP contribution in [-0.4, -0.2) is 19.7 Å². The van der Waals surface area contributed by atoms with E-state index in [2.05, 4.69) is 10.1 Å². The number of nitro groups is 1. The van der Waals surface area contributed by atoms with Gasteiger partial charge in [0.1, 0.15) is 0 Å². The molecule has 82 valence electrons. The van der Waals surface area contributed by atoms with Gasteiger partial charge in [-0.15, -0.1) is 0 Å². The molecule has 0 unspecified atom stereocenters. The standard InChI is InChI=1S/C9H8N4O3/c1-12-6-7(5-11-12)16-9-8(13(14)15)3-2-4-10-9/h2-6H,1H3. The lowest BCUT2D eigenvalue weighted by Crippen LogP contribution is -1.94. The van der Waals surface area contributed by atoms with Gasteiger partial charge in [0.2, 0.25) is 0 Å². The third kappa shape index (κ3) is 1.97. The molecule has 0 fully saturated rings. The second-order valence-corrected chi connectivity index (χ2v) is 3.04. The van der Waals surface area contributed by atoms with Gasteiger partial charge in [-0.1, -0.05) is 0 Å². The number of nitrogens with zero attached hydrogens (tertiary/aromatic N) is 4. The van der Waals surface area contributed by atoms with E-state index in [9.17, 15) is 10.1 Å². The molecule has 0 aliphatic rings. The van der Waals surface area contributed by atoms with Crippen LogP contribution in [0.25, 0.3) is 0 Å². The fourth-order valence-corrected chi connectivity index (χ4v) is 1.16. The lowest BCUT2D eigenvalue weighted by Gasteiger charge is -2.01. The van der Waals surface area contributed by atoms with Crippen LogP contribution >= 0.6 is 0 Å². The van der Waals surface area contributed by atoms with Gasteiger partial charge in [0.25, 0.3) is 5.88 Å². The molecule has 0 aromatic carbocycles. The van der Waals surface area contributed by atoms with Crippen LogP contribution in [0.5, 0.6) is 11.6 Å². The molecule has 0 radical (unpaired) electrons. The van der Waals surface area contributed by atoms with Gasteiger partial charge < -0.3 is 4.74 Å². The summed E-state index contributed by atoms with van der Waals surface area (Å²) in [5, 5.41) is 14.6. The van der Waals surface area contributed by atoms with Crippen molar-refractivity contribution in [3.63, 3.8) is 0 Å². The molecule has 0 bridgehead atoms. The molecule has 7 nitrogen and oxygen atoms in total. The number of aromatic nitrogens is 3. The Balaban J connectivity index is 2.31. The van der Waals surface area contributed by atoms with E-state index in [0.29, 0.717) is 5.75 Å². The van der Waals surface area contributed by atoms with Crippen molar-refractivity contribution in [3.8, 4) is 11.6 Å². The molecule has 0 aliphatic heterocycles. The average Bonchev–Trinajstić information content (AvgIpc) is 2.64. The summed E-state index contributed by atoms with van der Waals surface area (Å²) >= 11 is 0. The van der Waals surface area contributed by atoms with E-state index in [1.165, 1.54) is 29.2 Å². The second-order valence-electron chi connectivity index (χ2n) is 3.04. The van der Waals surface area contributed by atoms with Crippen LogP contribution < -0.4 is 4.74 Å². The first-order valence-corrected chi connectivity index (χ1v) is 4.43. The molecule has 2 aromatic rings. The minimum absolute atomic E-state index is 0.0412. The van der Waals surface area contributed by atoms with Crippen molar-refractivity contribution in [2.45, 2.75) is 0 Å². The molecular weight excluding hydrogens is 212 g/mol. The van der Waals surface area contributed by atoms with Gasteiger partial charge in [0, 0.05) is 19.3 Å². The van der Waals surface area contributed by atoms with Gasteiger partial charge in [0.05, 0.1) is 17.3 Å². The number of rotatable bonds is 3. The molecule has 7 heteroatoms. The zero-order valence-electron chi connectivity index (χ0n) is 8.40. The van der Waals surface area contributed by atoms with E-state index >= 15 is 0 Å². The fraction of sp³-hybridized carbons (Fsp3) is 0.111. The molecule has 0 N–H and O–H groups in total. The first-order valence-electron chi connectivity index (χ1n) is 4.43. The molecular formula is C9H8N4O3. The summed E-state index contributed by atoms with van der Waals surface area (Å²) in [6.45, 7) is 0. The van der Waals surface area contributed by atoms with Crippen molar-refractivity contribution in [3.05, 3.63) is 40.8 Å². The van der Waals surface area contributed by atoms with Crippen molar-refractivity contribution < 1.29 is 9.66 Å². The molecule has 0 aliphatic carbocycles. The maximum absolute atomic E-state index is 10.7. The van der Waals surface area contributed by atoms with E-state index in [1.54, 1.807) is 13.2 Å². The van der Waals surface area contributed by atoms with Gasteiger partial charge in [-0.05, 0) is 6.07 Å². The number of hydrogen-bond donors (Lipinski definition) is 0. The highest BCUT2D eigenvalue weighted by atomic mass is 16.6. The van der Waals surface area contributed by atoms with Gasteiger partial charge in [-0.2, -0.15) is 5.10 Å². The first kappa shape index (κ1) is 10.1. The molecule has 2 rings (SSSR count). The topological polar surface area (TPSA) is 83.1 Å². The minimum Gasteiger partial charge on any atom is -0.430 e. The Hall–Kier alpha value is -2.44. The van der Waals surface area contributed by atoms with E-state index in [4.69, 9.17) is 4.74 Å². The second kappa shape index (κ2) is 3.97. The summed E-state index contributed by atoms with van der Waals surface area (Å²) in [5.74, 6) is 0.366. The average molecular weight is 220 g/mol. The van der Waals surface area contributed by atoms with Crippen LogP contribution in [0.4, 0.5) is 5.69 Å². The zero-order valence-corrected chi connectivity index (χ0v) is 8.40. The monoisotopic (exact) mass is 220 g/mol. The quantitative estimate of drug-likeness (QED) is 0.578. The number of hydrogen-bond acceptors (Lipinski definition) is 5. The van der Waals surface area contributed by atoms with E-state index in [1.807, 2.05) is 0 Å². The Morgan fingerprint density at radius 2 is 2.38 bits per heavy atom. The Morgan fingerprint density at radius 3 is 3.00 bits per heavy atom. The summed E-state index contributed by atoms with van der Waals surface area (Å²) in [4.78, 5) is 13.9. The van der Waals surface area contributed by atoms with Gasteiger partial charge in [-0.25, -0.2) is 4.98 Å². The smallest absolute Gasteiger partial charge is 0.331 e. The van der Waals surface area contributed by atoms with E-state index in [0.717, 1.165) is 0 Å². The normalized spacial score (nSPS) is 10.1. The van der Waals surface area contributed by atoms with Crippen molar-refractivity contribution >= 4 is 5.69 Å². The molecule has 2 aromatic heterocycles. The van der Waals surface area contributed by atoms with Crippen LogP contribution in [0.3, 0.4) is 0 Å². The summed E-state index contributed by atoms with van der Waals surface area (Å²) in [6, 6.07) is 2.81. The van der Waals surface area contributed by atoms with Gasteiger partial charge in [0.15, 0.2) is 5.75 Å². The molecule has 0 amide bonds. The number of ether oxygens (including phenoxy) is 1. The van der Waals surface area contributed by atoms with E-state index < -0.39 is 4.92 Å². The van der Waals surface area contributed by atoms with Crippen LogP contribution in [0.2, 0.25) is 0 Å². The van der Waals surface area contributed by atoms with Crippen molar-refractivity contribution in [2.75, 3.05) is 0 Å². The van der Waals surface area contributed by atoms with Crippen LogP contribution in [0.15, 0.2) is 30.7 Å². The van der Waals surface area contributed by atoms with E-state index in [-0.39, 0.29) is 11.6 Å².